The molecule has 1 unspecified atom stereocenters. The molecule has 124 valence electrons. The van der Waals surface area contributed by atoms with Crippen LogP contribution in [0.5, 0.6) is 0 Å². The Hall–Kier alpha value is -1.10. The highest BCUT2D eigenvalue weighted by molar-refractivity contribution is 5.48. The molecule has 4 heteroatoms. The molecule has 3 N–H and O–H groups in total. The predicted octanol–water partition coefficient (Wildman–Crippen LogP) is 2.05. The van der Waals surface area contributed by atoms with Crippen molar-refractivity contribution in [3.63, 3.8) is 0 Å². The molecule has 1 aliphatic rings. The fourth-order valence-corrected chi connectivity index (χ4v) is 2.86. The number of anilines is 1. The van der Waals surface area contributed by atoms with Crippen molar-refractivity contribution >= 4 is 5.69 Å². The Kier molecular flexibility index (Phi) is 7.16. The Bertz CT molecular complexity index is 410. The van der Waals surface area contributed by atoms with E-state index in [1.165, 1.54) is 24.1 Å². The van der Waals surface area contributed by atoms with Crippen LogP contribution in [0.15, 0.2) is 24.3 Å². The number of hydrogen-bond acceptors (Lipinski definition) is 4. The van der Waals surface area contributed by atoms with E-state index in [0.29, 0.717) is 0 Å². The normalized spacial score (nSPS) is 17.7. The first kappa shape index (κ1) is 17.3. The smallest absolute Gasteiger partial charge is 0.0367 e. The second kappa shape index (κ2) is 9.13. The third-order valence-corrected chi connectivity index (χ3v) is 4.47. The summed E-state index contributed by atoms with van der Waals surface area (Å²) in [5.41, 5.74) is 8.76. The van der Waals surface area contributed by atoms with Crippen molar-refractivity contribution in [2.75, 3.05) is 44.7 Å². The summed E-state index contributed by atoms with van der Waals surface area (Å²) in [7, 11) is 2.19. The van der Waals surface area contributed by atoms with Crippen molar-refractivity contribution < 1.29 is 0 Å². The summed E-state index contributed by atoms with van der Waals surface area (Å²) in [6.07, 6.45) is 3.57. The molecule has 1 aromatic carbocycles. The molecular formula is C18H32N4. The maximum atomic E-state index is 6.08. The van der Waals surface area contributed by atoms with Crippen molar-refractivity contribution in [1.29, 1.82) is 0 Å². The highest BCUT2D eigenvalue weighted by atomic mass is 15.2. The topological polar surface area (TPSA) is 44.5 Å². The van der Waals surface area contributed by atoms with Crippen LogP contribution in [-0.4, -0.2) is 50.7 Å². The van der Waals surface area contributed by atoms with Crippen LogP contribution >= 0.6 is 0 Å². The van der Waals surface area contributed by atoms with Gasteiger partial charge in [0.15, 0.2) is 0 Å². The fraction of sp³-hybridized carbons (Fsp3) is 0.667. The molecule has 2 rings (SSSR count). The van der Waals surface area contributed by atoms with E-state index in [4.69, 9.17) is 5.73 Å². The van der Waals surface area contributed by atoms with Crippen LogP contribution in [0.4, 0.5) is 5.69 Å². The summed E-state index contributed by atoms with van der Waals surface area (Å²) < 4.78 is 0. The van der Waals surface area contributed by atoms with Gasteiger partial charge in [-0.05, 0) is 31.2 Å². The zero-order valence-corrected chi connectivity index (χ0v) is 14.2. The molecule has 1 fully saturated rings. The number of rotatable bonds is 8. The van der Waals surface area contributed by atoms with Gasteiger partial charge in [0.25, 0.3) is 0 Å². The van der Waals surface area contributed by atoms with Crippen LogP contribution in [0.1, 0.15) is 31.7 Å². The van der Waals surface area contributed by atoms with Gasteiger partial charge in [0, 0.05) is 51.0 Å². The Morgan fingerprint density at radius 1 is 1.14 bits per heavy atom. The number of nitrogens with one attached hydrogen (secondary N) is 1. The van der Waals surface area contributed by atoms with Gasteiger partial charge in [-0.3, -0.25) is 0 Å². The molecular weight excluding hydrogens is 272 g/mol. The molecule has 1 saturated heterocycles. The first-order chi connectivity index (χ1) is 10.7. The van der Waals surface area contributed by atoms with E-state index in [9.17, 15) is 0 Å². The van der Waals surface area contributed by atoms with Crippen LogP contribution in [0.2, 0.25) is 0 Å². The summed E-state index contributed by atoms with van der Waals surface area (Å²) in [6.45, 7) is 8.57. The van der Waals surface area contributed by atoms with Crippen LogP contribution in [0.25, 0.3) is 0 Å². The lowest BCUT2D eigenvalue weighted by Crippen LogP contribution is -2.44. The lowest BCUT2D eigenvalue weighted by Gasteiger charge is -2.34. The standard InChI is InChI=1S/C18H32N4/c1-3-4-5-17(19)15-20-14-16-6-8-18(9-7-16)22-12-10-21(2)11-13-22/h6-9,17,20H,3-5,10-15,19H2,1-2H3. The van der Waals surface area contributed by atoms with Crippen LogP contribution in [-0.2, 0) is 6.54 Å². The molecule has 0 bridgehead atoms. The summed E-state index contributed by atoms with van der Waals surface area (Å²) in [4.78, 5) is 4.86. The van der Waals surface area contributed by atoms with E-state index in [-0.39, 0.29) is 6.04 Å². The monoisotopic (exact) mass is 304 g/mol. The lowest BCUT2D eigenvalue weighted by atomic mass is 10.1. The number of piperazine rings is 1. The minimum absolute atomic E-state index is 0.282. The molecule has 0 saturated carbocycles. The summed E-state index contributed by atoms with van der Waals surface area (Å²) in [6, 6.07) is 9.25. The van der Waals surface area contributed by atoms with E-state index >= 15 is 0 Å². The molecule has 0 spiro atoms. The van der Waals surface area contributed by atoms with Crippen LogP contribution < -0.4 is 16.0 Å². The van der Waals surface area contributed by atoms with Gasteiger partial charge in [0.1, 0.15) is 0 Å². The Morgan fingerprint density at radius 3 is 2.45 bits per heavy atom. The Balaban J connectivity index is 1.72. The average molecular weight is 304 g/mol. The SMILES string of the molecule is CCCCC(N)CNCc1ccc(N2CCN(C)CC2)cc1. The maximum Gasteiger partial charge on any atom is 0.0367 e. The molecule has 0 amide bonds. The van der Waals surface area contributed by atoms with Crippen molar-refractivity contribution in [3.8, 4) is 0 Å². The second-order valence-corrected chi connectivity index (χ2v) is 6.49. The number of nitrogens with two attached hydrogens (primary N) is 1. The van der Waals surface area contributed by atoms with Gasteiger partial charge >= 0.3 is 0 Å². The molecule has 1 atom stereocenters. The minimum atomic E-state index is 0.282. The van der Waals surface area contributed by atoms with Gasteiger partial charge in [-0.1, -0.05) is 31.9 Å². The molecule has 1 aromatic rings. The highest BCUT2D eigenvalue weighted by Crippen LogP contribution is 2.17. The maximum absolute atomic E-state index is 6.08. The first-order valence-corrected chi connectivity index (χ1v) is 8.67. The number of nitrogens with zero attached hydrogens (tertiary/aromatic N) is 2. The minimum Gasteiger partial charge on any atom is -0.369 e. The zero-order valence-electron chi connectivity index (χ0n) is 14.2. The van der Waals surface area contributed by atoms with E-state index < -0.39 is 0 Å². The van der Waals surface area contributed by atoms with E-state index in [0.717, 1.165) is 45.7 Å². The van der Waals surface area contributed by atoms with Crippen LogP contribution in [0.3, 0.4) is 0 Å². The number of hydrogen-bond donors (Lipinski definition) is 2. The number of likely N-dealkylation sites (N-methyl/N-ethyl adjacent to an activating group) is 1. The first-order valence-electron chi connectivity index (χ1n) is 8.67. The molecule has 1 aliphatic heterocycles. The van der Waals surface area contributed by atoms with Crippen molar-refractivity contribution in [2.24, 2.45) is 5.73 Å². The molecule has 22 heavy (non-hydrogen) atoms. The van der Waals surface area contributed by atoms with Crippen molar-refractivity contribution in [1.82, 2.24) is 10.2 Å². The number of unbranched alkanes of at least 4 members (excludes halogenated alkanes) is 1. The molecule has 0 radical (unpaired) electrons. The van der Waals surface area contributed by atoms with Crippen LogP contribution in [0, 0.1) is 0 Å². The Labute approximate surface area is 135 Å². The third-order valence-electron chi connectivity index (χ3n) is 4.47. The van der Waals surface area contributed by atoms with Crippen molar-refractivity contribution in [2.45, 2.75) is 38.8 Å². The molecule has 0 aromatic heterocycles. The largest absolute Gasteiger partial charge is 0.369 e. The average Bonchev–Trinajstić information content (AvgIpc) is 2.54. The van der Waals surface area contributed by atoms with E-state index in [1.807, 2.05) is 0 Å². The van der Waals surface area contributed by atoms with Crippen molar-refractivity contribution in [3.05, 3.63) is 29.8 Å². The second-order valence-electron chi connectivity index (χ2n) is 6.49. The third kappa shape index (κ3) is 5.59. The molecule has 1 heterocycles. The quantitative estimate of drug-likeness (QED) is 0.771. The summed E-state index contributed by atoms with van der Waals surface area (Å²) in [5, 5.41) is 3.47. The predicted molar refractivity (Wildman–Crippen MR) is 95.4 cm³/mol. The van der Waals surface area contributed by atoms with E-state index in [2.05, 4.69) is 53.4 Å². The molecule has 4 nitrogen and oxygen atoms in total. The van der Waals surface area contributed by atoms with Gasteiger partial charge < -0.3 is 20.9 Å². The molecule has 0 aliphatic carbocycles. The van der Waals surface area contributed by atoms with Gasteiger partial charge in [0.2, 0.25) is 0 Å². The van der Waals surface area contributed by atoms with E-state index in [1.54, 1.807) is 0 Å². The highest BCUT2D eigenvalue weighted by Gasteiger charge is 2.13. The van der Waals surface area contributed by atoms with Gasteiger partial charge in [-0.25, -0.2) is 0 Å². The van der Waals surface area contributed by atoms with Gasteiger partial charge in [0.05, 0.1) is 0 Å². The summed E-state index contributed by atoms with van der Waals surface area (Å²) >= 11 is 0. The Morgan fingerprint density at radius 2 is 1.82 bits per heavy atom. The number of benzene rings is 1. The van der Waals surface area contributed by atoms with Gasteiger partial charge in [-0.15, -0.1) is 0 Å². The lowest BCUT2D eigenvalue weighted by molar-refractivity contribution is 0.313. The zero-order chi connectivity index (χ0) is 15.8. The fourth-order valence-electron chi connectivity index (χ4n) is 2.86. The summed E-state index contributed by atoms with van der Waals surface area (Å²) in [5.74, 6) is 0. The van der Waals surface area contributed by atoms with Gasteiger partial charge in [-0.2, -0.15) is 0 Å².